The van der Waals surface area contributed by atoms with E-state index in [0.29, 0.717) is 31.0 Å². The van der Waals surface area contributed by atoms with E-state index in [-0.39, 0.29) is 11.9 Å². The first-order valence-corrected chi connectivity index (χ1v) is 8.22. The molecule has 0 N–H and O–H groups in total. The van der Waals surface area contributed by atoms with E-state index >= 15 is 0 Å². The zero-order chi connectivity index (χ0) is 17.2. The van der Waals surface area contributed by atoms with Crippen molar-refractivity contribution in [2.24, 2.45) is 0 Å². The monoisotopic (exact) mass is 343 g/mol. The molecule has 2 aliphatic heterocycles. The van der Waals surface area contributed by atoms with E-state index in [4.69, 9.17) is 4.74 Å². The molecule has 1 aromatic heterocycles. The number of halogens is 1. The second-order valence-electron chi connectivity index (χ2n) is 6.08. The van der Waals surface area contributed by atoms with Crippen molar-refractivity contribution in [1.82, 2.24) is 15.0 Å². The summed E-state index contributed by atoms with van der Waals surface area (Å²) in [5.74, 6) is -0.333. The summed E-state index contributed by atoms with van der Waals surface area (Å²) in [4.78, 5) is 15.6. The number of cyclic esters (lactones) is 1. The molecule has 1 fully saturated rings. The van der Waals surface area contributed by atoms with Gasteiger partial charge in [-0.15, -0.1) is 5.10 Å². The van der Waals surface area contributed by atoms with Gasteiger partial charge < -0.3 is 9.64 Å². The average molecular weight is 343 g/mol. The van der Waals surface area contributed by atoms with Crippen LogP contribution in [0.4, 0.5) is 20.6 Å². The highest BCUT2D eigenvalue weighted by atomic mass is 19.1. The standard InChI is InChI=1S/C17H18FN5O2/c18-15-10-13(4-5-16(15)21-7-2-1-3-8-21)23-12-14(25-17(23)24)11-22-9-6-19-20-22/h1-2,4-6,9-10,14H,3,7-8,11-12H2. The number of anilines is 2. The minimum atomic E-state index is -0.474. The molecule has 1 amide bonds. The number of hydrogen-bond acceptors (Lipinski definition) is 5. The van der Waals surface area contributed by atoms with Gasteiger partial charge in [0.25, 0.3) is 0 Å². The van der Waals surface area contributed by atoms with Crippen LogP contribution in [0.15, 0.2) is 42.7 Å². The van der Waals surface area contributed by atoms with Crippen LogP contribution >= 0.6 is 0 Å². The van der Waals surface area contributed by atoms with E-state index < -0.39 is 6.09 Å². The van der Waals surface area contributed by atoms with Crippen LogP contribution < -0.4 is 9.80 Å². The Morgan fingerprint density at radius 2 is 2.24 bits per heavy atom. The maximum Gasteiger partial charge on any atom is 0.414 e. The van der Waals surface area contributed by atoms with E-state index in [1.54, 1.807) is 29.2 Å². The molecule has 1 unspecified atom stereocenters. The Bertz CT molecular complexity index is 792. The highest BCUT2D eigenvalue weighted by molar-refractivity contribution is 5.90. The third-order valence-electron chi connectivity index (χ3n) is 4.38. The molecular formula is C17H18FN5O2. The highest BCUT2D eigenvalue weighted by Gasteiger charge is 2.33. The number of hydrogen-bond donors (Lipinski definition) is 0. The molecule has 1 aromatic carbocycles. The van der Waals surface area contributed by atoms with Gasteiger partial charge in [0.15, 0.2) is 0 Å². The van der Waals surface area contributed by atoms with E-state index in [1.807, 2.05) is 11.0 Å². The number of amides is 1. The van der Waals surface area contributed by atoms with Gasteiger partial charge in [0, 0.05) is 19.3 Å². The number of ether oxygens (including phenoxy) is 1. The third-order valence-corrected chi connectivity index (χ3v) is 4.38. The summed E-state index contributed by atoms with van der Waals surface area (Å²) in [6.45, 7) is 2.26. The van der Waals surface area contributed by atoms with Crippen molar-refractivity contribution in [3.05, 3.63) is 48.6 Å². The molecule has 7 nitrogen and oxygen atoms in total. The van der Waals surface area contributed by atoms with Gasteiger partial charge in [-0.3, -0.25) is 4.90 Å². The Balaban J connectivity index is 1.48. The first kappa shape index (κ1) is 15.6. The Morgan fingerprint density at radius 3 is 2.96 bits per heavy atom. The van der Waals surface area contributed by atoms with Crippen LogP contribution in [0.5, 0.6) is 0 Å². The van der Waals surface area contributed by atoms with Gasteiger partial charge in [-0.1, -0.05) is 17.4 Å². The zero-order valence-electron chi connectivity index (χ0n) is 13.6. The van der Waals surface area contributed by atoms with E-state index in [9.17, 15) is 9.18 Å². The maximum absolute atomic E-state index is 14.6. The fourth-order valence-electron chi connectivity index (χ4n) is 3.15. The maximum atomic E-state index is 14.6. The number of carbonyl (C=O) groups is 1. The summed E-state index contributed by atoms with van der Waals surface area (Å²) in [5.41, 5.74) is 1.06. The molecule has 1 saturated heterocycles. The quantitative estimate of drug-likeness (QED) is 0.797. The molecule has 4 rings (SSSR count). The van der Waals surface area contributed by atoms with Crippen LogP contribution in [0, 0.1) is 5.82 Å². The van der Waals surface area contributed by atoms with Crippen molar-refractivity contribution < 1.29 is 13.9 Å². The fourth-order valence-corrected chi connectivity index (χ4v) is 3.15. The summed E-state index contributed by atoms with van der Waals surface area (Å²) < 4.78 is 21.5. The number of nitrogens with zero attached hydrogens (tertiary/aromatic N) is 5. The minimum Gasteiger partial charge on any atom is -0.442 e. The Kier molecular flexibility index (Phi) is 4.09. The van der Waals surface area contributed by atoms with Gasteiger partial charge in [-0.2, -0.15) is 0 Å². The molecule has 0 radical (unpaired) electrons. The minimum absolute atomic E-state index is 0.333. The van der Waals surface area contributed by atoms with Crippen molar-refractivity contribution in [3.8, 4) is 0 Å². The molecule has 0 aliphatic carbocycles. The topological polar surface area (TPSA) is 63.5 Å². The van der Waals surface area contributed by atoms with Crippen LogP contribution in [-0.2, 0) is 11.3 Å². The molecule has 130 valence electrons. The number of carbonyl (C=O) groups excluding carboxylic acids is 1. The summed E-state index contributed by atoms with van der Waals surface area (Å²) in [6.07, 6.45) is 7.49. The van der Waals surface area contributed by atoms with Crippen molar-refractivity contribution >= 4 is 17.5 Å². The molecule has 3 heterocycles. The summed E-state index contributed by atoms with van der Waals surface area (Å²) in [6, 6.07) is 4.88. The van der Waals surface area contributed by atoms with Crippen LogP contribution in [0.1, 0.15) is 6.42 Å². The second kappa shape index (κ2) is 6.54. The van der Waals surface area contributed by atoms with Crippen LogP contribution in [0.2, 0.25) is 0 Å². The Hall–Kier alpha value is -2.90. The SMILES string of the molecule is O=C1OC(Cn2ccnn2)CN1c1ccc(N2CC=CCC2)c(F)c1. The molecule has 0 bridgehead atoms. The molecular weight excluding hydrogens is 325 g/mol. The summed E-state index contributed by atoms with van der Waals surface area (Å²) in [5, 5.41) is 7.59. The van der Waals surface area contributed by atoms with Crippen molar-refractivity contribution in [2.45, 2.75) is 19.1 Å². The van der Waals surface area contributed by atoms with Crippen LogP contribution in [0.3, 0.4) is 0 Å². The predicted octanol–water partition coefficient (Wildman–Crippen LogP) is 2.21. The fraction of sp³-hybridized carbons (Fsp3) is 0.353. The average Bonchev–Trinajstić information content (AvgIpc) is 3.25. The predicted molar refractivity (Wildman–Crippen MR) is 90.0 cm³/mol. The van der Waals surface area contributed by atoms with Gasteiger partial charge in [0.05, 0.1) is 30.7 Å². The first-order valence-electron chi connectivity index (χ1n) is 8.22. The van der Waals surface area contributed by atoms with Crippen molar-refractivity contribution in [3.63, 3.8) is 0 Å². The van der Waals surface area contributed by atoms with E-state index in [0.717, 1.165) is 13.0 Å². The largest absolute Gasteiger partial charge is 0.442 e. The van der Waals surface area contributed by atoms with Crippen LogP contribution in [0.25, 0.3) is 0 Å². The number of benzene rings is 1. The number of rotatable bonds is 4. The highest BCUT2D eigenvalue weighted by Crippen LogP contribution is 2.28. The lowest BCUT2D eigenvalue weighted by Crippen LogP contribution is -2.28. The van der Waals surface area contributed by atoms with Crippen molar-refractivity contribution in [2.75, 3.05) is 29.4 Å². The second-order valence-corrected chi connectivity index (χ2v) is 6.08. The molecule has 1 atom stereocenters. The lowest BCUT2D eigenvalue weighted by molar-refractivity contribution is 0.129. The van der Waals surface area contributed by atoms with Gasteiger partial charge >= 0.3 is 6.09 Å². The van der Waals surface area contributed by atoms with Crippen LogP contribution in [-0.4, -0.2) is 46.8 Å². The molecule has 0 saturated carbocycles. The van der Waals surface area contributed by atoms with Gasteiger partial charge in [0.2, 0.25) is 0 Å². The summed E-state index contributed by atoms with van der Waals surface area (Å²) in [7, 11) is 0. The lowest BCUT2D eigenvalue weighted by atomic mass is 10.2. The van der Waals surface area contributed by atoms with Gasteiger partial charge in [0.1, 0.15) is 11.9 Å². The lowest BCUT2D eigenvalue weighted by Gasteiger charge is -2.26. The van der Waals surface area contributed by atoms with Crippen molar-refractivity contribution in [1.29, 1.82) is 0 Å². The first-order chi connectivity index (χ1) is 12.2. The molecule has 2 aliphatic rings. The molecule has 8 heteroatoms. The zero-order valence-corrected chi connectivity index (χ0v) is 13.6. The normalized spacial score (nSPS) is 20.2. The van der Waals surface area contributed by atoms with E-state index in [2.05, 4.69) is 16.4 Å². The van der Waals surface area contributed by atoms with Gasteiger partial charge in [-0.05, 0) is 24.6 Å². The third kappa shape index (κ3) is 3.19. The smallest absolute Gasteiger partial charge is 0.414 e. The molecule has 0 spiro atoms. The van der Waals surface area contributed by atoms with E-state index in [1.165, 1.54) is 11.0 Å². The number of aromatic nitrogens is 3. The van der Waals surface area contributed by atoms with Gasteiger partial charge in [-0.25, -0.2) is 13.9 Å². The Labute approximate surface area is 144 Å². The molecule has 2 aromatic rings. The Morgan fingerprint density at radius 1 is 1.32 bits per heavy atom. The summed E-state index contributed by atoms with van der Waals surface area (Å²) >= 11 is 0. The molecule has 25 heavy (non-hydrogen) atoms.